The van der Waals surface area contributed by atoms with Crippen LogP contribution in [0.2, 0.25) is 0 Å². The van der Waals surface area contributed by atoms with Crippen molar-refractivity contribution < 1.29 is 4.79 Å². The molecule has 1 aliphatic rings. The maximum atomic E-state index is 11.6. The Bertz CT molecular complexity index is 724. The van der Waals surface area contributed by atoms with E-state index in [-0.39, 0.29) is 5.91 Å². The predicted octanol–water partition coefficient (Wildman–Crippen LogP) is 2.72. The van der Waals surface area contributed by atoms with Gasteiger partial charge in [0, 0.05) is 44.1 Å². The molecule has 0 atom stereocenters. The van der Waals surface area contributed by atoms with Crippen molar-refractivity contribution in [3.8, 4) is 0 Å². The Morgan fingerprint density at radius 3 is 2.46 bits per heavy atom. The lowest BCUT2D eigenvalue weighted by atomic mass is 10.1. The molecule has 0 bridgehead atoms. The zero-order valence-corrected chi connectivity index (χ0v) is 15.4. The highest BCUT2D eigenvalue weighted by molar-refractivity contribution is 5.99. The molecule has 0 aliphatic carbocycles. The first kappa shape index (κ1) is 18.3. The number of hydrogen-bond donors (Lipinski definition) is 2. The number of carbonyl (C=O) groups excluding carboxylic acids is 1. The second-order valence-electron chi connectivity index (χ2n) is 6.81. The first-order valence-corrected chi connectivity index (χ1v) is 9.31. The predicted molar refractivity (Wildman–Crippen MR) is 108 cm³/mol. The van der Waals surface area contributed by atoms with Gasteiger partial charge in [-0.05, 0) is 43.7 Å². The zero-order valence-electron chi connectivity index (χ0n) is 15.4. The number of nitrogens with zero attached hydrogens (tertiary/aromatic N) is 2. The van der Waals surface area contributed by atoms with E-state index in [9.17, 15) is 4.79 Å². The minimum absolute atomic E-state index is 0.373. The van der Waals surface area contributed by atoms with E-state index in [4.69, 9.17) is 5.73 Å². The Labute approximate surface area is 155 Å². The van der Waals surface area contributed by atoms with Gasteiger partial charge in [0.05, 0.1) is 5.56 Å². The fourth-order valence-corrected chi connectivity index (χ4v) is 3.54. The minimum atomic E-state index is -0.373. The number of anilines is 2. The van der Waals surface area contributed by atoms with Crippen LogP contribution in [0.4, 0.5) is 11.4 Å². The third kappa shape index (κ3) is 4.55. The molecule has 2 aromatic carbocycles. The van der Waals surface area contributed by atoms with E-state index in [1.165, 1.54) is 5.69 Å². The highest BCUT2D eigenvalue weighted by atomic mass is 16.1. The Hall–Kier alpha value is -2.53. The summed E-state index contributed by atoms with van der Waals surface area (Å²) in [5.41, 5.74) is 9.17. The van der Waals surface area contributed by atoms with Crippen molar-refractivity contribution in [2.24, 2.45) is 5.73 Å². The monoisotopic (exact) mass is 352 g/mol. The first-order valence-electron chi connectivity index (χ1n) is 9.31. The largest absolute Gasteiger partial charge is 0.384 e. The number of aryl methyl sites for hydroxylation is 1. The maximum absolute atomic E-state index is 11.6. The van der Waals surface area contributed by atoms with E-state index in [2.05, 4.69) is 45.4 Å². The van der Waals surface area contributed by atoms with Gasteiger partial charge in [-0.15, -0.1) is 0 Å². The van der Waals surface area contributed by atoms with Crippen molar-refractivity contribution in [3.63, 3.8) is 0 Å². The van der Waals surface area contributed by atoms with Gasteiger partial charge in [-0.25, -0.2) is 0 Å². The summed E-state index contributed by atoms with van der Waals surface area (Å²) in [7, 11) is 0. The van der Waals surface area contributed by atoms with E-state index >= 15 is 0 Å². The molecule has 0 saturated carbocycles. The fraction of sp³-hybridized carbons (Fsp3) is 0.381. The van der Waals surface area contributed by atoms with Crippen LogP contribution in [0.5, 0.6) is 0 Å². The van der Waals surface area contributed by atoms with Crippen LogP contribution in [-0.2, 0) is 0 Å². The molecule has 1 saturated heterocycles. The maximum Gasteiger partial charge on any atom is 0.251 e. The molecule has 3 rings (SSSR count). The standard InChI is InChI=1S/C21H28N4O/c1-17-7-5-10-19(20(17)21(22)26)23-11-6-12-24-13-15-25(16-14-24)18-8-3-2-4-9-18/h2-5,7-10,23H,6,11-16H2,1H3,(H2,22,26). The van der Waals surface area contributed by atoms with Crippen LogP contribution >= 0.6 is 0 Å². The number of nitrogens with two attached hydrogens (primary N) is 1. The van der Waals surface area contributed by atoms with Crippen molar-refractivity contribution in [2.75, 3.05) is 49.5 Å². The molecule has 5 heteroatoms. The number of piperazine rings is 1. The SMILES string of the molecule is Cc1cccc(NCCCN2CCN(c3ccccc3)CC2)c1C(N)=O. The van der Waals surface area contributed by atoms with Gasteiger partial charge in [-0.2, -0.15) is 0 Å². The summed E-state index contributed by atoms with van der Waals surface area (Å²) in [6.07, 6.45) is 1.04. The molecule has 3 N–H and O–H groups in total. The Morgan fingerprint density at radius 1 is 1.04 bits per heavy atom. The molecule has 5 nitrogen and oxygen atoms in total. The van der Waals surface area contributed by atoms with Gasteiger partial charge in [0.1, 0.15) is 0 Å². The molecule has 0 unspecified atom stereocenters. The molecular weight excluding hydrogens is 324 g/mol. The Kier molecular flexibility index (Phi) is 6.12. The van der Waals surface area contributed by atoms with Gasteiger partial charge in [-0.1, -0.05) is 30.3 Å². The number of primary amides is 1. The van der Waals surface area contributed by atoms with Crippen LogP contribution in [0.25, 0.3) is 0 Å². The quantitative estimate of drug-likeness (QED) is 0.752. The van der Waals surface area contributed by atoms with Crippen LogP contribution in [0.15, 0.2) is 48.5 Å². The number of hydrogen-bond acceptors (Lipinski definition) is 4. The van der Waals surface area contributed by atoms with Crippen molar-refractivity contribution in [1.82, 2.24) is 4.90 Å². The van der Waals surface area contributed by atoms with E-state index in [0.717, 1.165) is 56.9 Å². The number of amides is 1. The minimum Gasteiger partial charge on any atom is -0.384 e. The van der Waals surface area contributed by atoms with E-state index < -0.39 is 0 Å². The normalized spacial score (nSPS) is 15.0. The Morgan fingerprint density at radius 2 is 1.77 bits per heavy atom. The Balaban J connectivity index is 1.42. The first-order chi connectivity index (χ1) is 12.6. The summed E-state index contributed by atoms with van der Waals surface area (Å²) in [5.74, 6) is -0.373. The molecule has 0 aromatic heterocycles. The highest BCUT2D eigenvalue weighted by Crippen LogP contribution is 2.19. The summed E-state index contributed by atoms with van der Waals surface area (Å²) in [4.78, 5) is 16.6. The van der Waals surface area contributed by atoms with Gasteiger partial charge in [-0.3, -0.25) is 9.69 Å². The van der Waals surface area contributed by atoms with Crippen molar-refractivity contribution in [3.05, 3.63) is 59.7 Å². The van der Waals surface area contributed by atoms with Gasteiger partial charge in [0.2, 0.25) is 0 Å². The lowest BCUT2D eigenvalue weighted by molar-refractivity contribution is 0.100. The van der Waals surface area contributed by atoms with Gasteiger partial charge < -0.3 is 16.0 Å². The number of carbonyl (C=O) groups is 1. The topological polar surface area (TPSA) is 61.6 Å². The second kappa shape index (κ2) is 8.72. The molecule has 1 aliphatic heterocycles. The summed E-state index contributed by atoms with van der Waals surface area (Å²) in [6, 6.07) is 16.4. The molecule has 26 heavy (non-hydrogen) atoms. The van der Waals surface area contributed by atoms with Crippen LogP contribution in [0.1, 0.15) is 22.3 Å². The van der Waals surface area contributed by atoms with E-state index in [1.807, 2.05) is 25.1 Å². The van der Waals surface area contributed by atoms with E-state index in [0.29, 0.717) is 5.56 Å². The summed E-state index contributed by atoms with van der Waals surface area (Å²) in [5, 5.41) is 3.37. The van der Waals surface area contributed by atoms with Crippen LogP contribution in [0, 0.1) is 6.92 Å². The fourth-order valence-electron chi connectivity index (χ4n) is 3.54. The summed E-state index contributed by atoms with van der Waals surface area (Å²) < 4.78 is 0. The van der Waals surface area contributed by atoms with Gasteiger partial charge >= 0.3 is 0 Å². The molecule has 0 radical (unpaired) electrons. The molecule has 1 amide bonds. The number of benzene rings is 2. The summed E-state index contributed by atoms with van der Waals surface area (Å²) in [6.45, 7) is 8.13. The van der Waals surface area contributed by atoms with Crippen molar-refractivity contribution in [1.29, 1.82) is 0 Å². The molecule has 0 spiro atoms. The molecule has 1 fully saturated rings. The van der Waals surface area contributed by atoms with Crippen LogP contribution in [0.3, 0.4) is 0 Å². The lowest BCUT2D eigenvalue weighted by Crippen LogP contribution is -2.46. The van der Waals surface area contributed by atoms with Gasteiger partial charge in [0.25, 0.3) is 5.91 Å². The molecular formula is C21H28N4O. The summed E-state index contributed by atoms with van der Waals surface area (Å²) >= 11 is 0. The molecule has 138 valence electrons. The number of para-hydroxylation sites is 1. The highest BCUT2D eigenvalue weighted by Gasteiger charge is 2.16. The molecule has 2 aromatic rings. The zero-order chi connectivity index (χ0) is 18.4. The average molecular weight is 352 g/mol. The second-order valence-corrected chi connectivity index (χ2v) is 6.81. The lowest BCUT2D eigenvalue weighted by Gasteiger charge is -2.36. The van der Waals surface area contributed by atoms with Crippen LogP contribution < -0.4 is 16.0 Å². The van der Waals surface area contributed by atoms with Crippen LogP contribution in [-0.4, -0.2) is 50.1 Å². The molecule has 1 heterocycles. The van der Waals surface area contributed by atoms with E-state index in [1.54, 1.807) is 0 Å². The smallest absolute Gasteiger partial charge is 0.251 e. The average Bonchev–Trinajstić information content (AvgIpc) is 2.66. The van der Waals surface area contributed by atoms with Crippen molar-refractivity contribution >= 4 is 17.3 Å². The number of rotatable bonds is 7. The van der Waals surface area contributed by atoms with Crippen molar-refractivity contribution in [2.45, 2.75) is 13.3 Å². The third-order valence-electron chi connectivity index (χ3n) is 4.98. The van der Waals surface area contributed by atoms with Gasteiger partial charge in [0.15, 0.2) is 0 Å². The number of nitrogens with one attached hydrogen (secondary N) is 1. The third-order valence-corrected chi connectivity index (χ3v) is 4.98.